The van der Waals surface area contributed by atoms with Crippen LogP contribution in [0.1, 0.15) is 24.3 Å². The molecule has 1 atom stereocenters. The van der Waals surface area contributed by atoms with Crippen LogP contribution in [0.15, 0.2) is 80.1 Å². The minimum Gasteiger partial charge on any atom is -0.316 e. The van der Waals surface area contributed by atoms with Gasteiger partial charge in [-0.05, 0) is 30.1 Å². The molecule has 0 N–H and O–H groups in total. The molecular formula is C19H23NO. The van der Waals surface area contributed by atoms with Crippen molar-refractivity contribution < 1.29 is 4.79 Å². The highest BCUT2D eigenvalue weighted by molar-refractivity contribution is 5.79. The summed E-state index contributed by atoms with van der Waals surface area (Å²) in [6.07, 6.45) is 8.16. The van der Waals surface area contributed by atoms with E-state index in [4.69, 9.17) is 0 Å². The Labute approximate surface area is 127 Å². The Morgan fingerprint density at radius 1 is 1.24 bits per heavy atom. The molecule has 0 saturated carbocycles. The molecule has 0 radical (unpaired) electrons. The maximum atomic E-state index is 12.4. The quantitative estimate of drug-likeness (QED) is 0.509. The number of carbonyl (C=O) groups excluding carboxylic acids is 1. The predicted octanol–water partition coefficient (Wildman–Crippen LogP) is 4.45. The third-order valence-electron chi connectivity index (χ3n) is 3.40. The first-order valence-corrected chi connectivity index (χ1v) is 7.01. The molecule has 0 aliphatic heterocycles. The van der Waals surface area contributed by atoms with E-state index in [1.807, 2.05) is 24.3 Å². The maximum Gasteiger partial charge on any atom is 0.227 e. The van der Waals surface area contributed by atoms with Gasteiger partial charge in [0.2, 0.25) is 5.91 Å². The van der Waals surface area contributed by atoms with E-state index in [-0.39, 0.29) is 11.8 Å². The lowest BCUT2D eigenvalue weighted by molar-refractivity contribution is -0.128. The van der Waals surface area contributed by atoms with Gasteiger partial charge in [0.05, 0.1) is 0 Å². The van der Waals surface area contributed by atoms with Gasteiger partial charge in [-0.1, -0.05) is 55.6 Å². The first-order valence-electron chi connectivity index (χ1n) is 7.01. The van der Waals surface area contributed by atoms with Crippen LogP contribution >= 0.6 is 0 Å². The molecule has 21 heavy (non-hydrogen) atoms. The molecule has 0 fully saturated rings. The summed E-state index contributed by atoms with van der Waals surface area (Å²) in [7, 11) is 1.76. The Kier molecular flexibility index (Phi) is 6.96. The molecule has 1 aromatic rings. The summed E-state index contributed by atoms with van der Waals surface area (Å²) in [6.45, 7) is 11.2. The summed E-state index contributed by atoms with van der Waals surface area (Å²) in [4.78, 5) is 14.1. The number of hydrogen-bond acceptors (Lipinski definition) is 1. The highest BCUT2D eigenvalue weighted by Gasteiger charge is 2.18. The second kappa shape index (κ2) is 8.75. The molecule has 110 valence electrons. The van der Waals surface area contributed by atoms with E-state index < -0.39 is 0 Å². The van der Waals surface area contributed by atoms with Gasteiger partial charge in [0.15, 0.2) is 0 Å². The summed E-state index contributed by atoms with van der Waals surface area (Å²) in [5.41, 5.74) is 1.91. The summed E-state index contributed by atoms with van der Waals surface area (Å²) in [6, 6.07) is 10.1. The van der Waals surface area contributed by atoms with Gasteiger partial charge in [-0.15, -0.1) is 6.58 Å². The molecule has 1 rings (SSSR count). The SMILES string of the molecule is C=C/C=C(\C=C)N(C)C(=O)C[C@@H](CC=C)c1ccccc1. The summed E-state index contributed by atoms with van der Waals surface area (Å²) in [5.74, 6) is 0.201. The lowest BCUT2D eigenvalue weighted by Gasteiger charge is -2.22. The molecule has 0 unspecified atom stereocenters. The summed E-state index contributed by atoms with van der Waals surface area (Å²) in [5, 5.41) is 0. The normalized spacial score (nSPS) is 12.3. The van der Waals surface area contributed by atoms with Crippen molar-refractivity contribution in [2.24, 2.45) is 0 Å². The first-order chi connectivity index (χ1) is 10.1. The number of nitrogens with zero attached hydrogens (tertiary/aromatic N) is 1. The Morgan fingerprint density at radius 3 is 2.43 bits per heavy atom. The smallest absolute Gasteiger partial charge is 0.227 e. The van der Waals surface area contributed by atoms with Gasteiger partial charge in [-0.25, -0.2) is 0 Å². The van der Waals surface area contributed by atoms with Crippen LogP contribution in [0, 0.1) is 0 Å². The van der Waals surface area contributed by atoms with Crippen LogP contribution < -0.4 is 0 Å². The van der Waals surface area contributed by atoms with Crippen molar-refractivity contribution in [3.05, 3.63) is 85.6 Å². The number of hydrogen-bond donors (Lipinski definition) is 0. The minimum atomic E-state index is 0.0544. The van der Waals surface area contributed by atoms with Gasteiger partial charge in [0.25, 0.3) is 0 Å². The third-order valence-corrected chi connectivity index (χ3v) is 3.40. The maximum absolute atomic E-state index is 12.4. The van der Waals surface area contributed by atoms with Crippen LogP contribution in [0.3, 0.4) is 0 Å². The first kappa shape index (κ1) is 16.7. The van der Waals surface area contributed by atoms with E-state index >= 15 is 0 Å². The van der Waals surface area contributed by atoms with Crippen molar-refractivity contribution in [1.29, 1.82) is 0 Å². The van der Waals surface area contributed by atoms with E-state index in [2.05, 4.69) is 31.9 Å². The molecule has 0 bridgehead atoms. The fourth-order valence-electron chi connectivity index (χ4n) is 2.19. The fraction of sp³-hybridized carbons (Fsp3) is 0.211. The lowest BCUT2D eigenvalue weighted by atomic mass is 9.92. The molecule has 2 heteroatoms. The Morgan fingerprint density at radius 2 is 1.90 bits per heavy atom. The standard InChI is InChI=1S/C19H23NO/c1-5-11-17(16-13-9-8-10-14-16)15-19(21)20(4)18(7-3)12-6-2/h5-10,12-14,17H,1-3,11,15H2,4H3/b18-12+/t17-/m1/s1. The zero-order chi connectivity index (χ0) is 15.7. The number of benzene rings is 1. The van der Waals surface area contributed by atoms with Gasteiger partial charge in [0.1, 0.15) is 0 Å². The topological polar surface area (TPSA) is 20.3 Å². The summed E-state index contributed by atoms with van der Waals surface area (Å²) >= 11 is 0. The van der Waals surface area contributed by atoms with Crippen LogP contribution in [0.5, 0.6) is 0 Å². The summed E-state index contributed by atoms with van der Waals surface area (Å²) < 4.78 is 0. The number of allylic oxidation sites excluding steroid dienone is 4. The van der Waals surface area contributed by atoms with Gasteiger partial charge in [-0.3, -0.25) is 4.79 Å². The highest BCUT2D eigenvalue weighted by Crippen LogP contribution is 2.25. The molecule has 1 amide bonds. The van der Waals surface area contributed by atoms with E-state index in [0.717, 1.165) is 17.7 Å². The second-order valence-corrected chi connectivity index (χ2v) is 4.82. The van der Waals surface area contributed by atoms with Crippen molar-refractivity contribution in [2.75, 3.05) is 7.05 Å². The Hall–Kier alpha value is -2.35. The van der Waals surface area contributed by atoms with E-state index in [0.29, 0.717) is 6.42 Å². The van der Waals surface area contributed by atoms with E-state index in [9.17, 15) is 4.79 Å². The van der Waals surface area contributed by atoms with Crippen LogP contribution in [0.2, 0.25) is 0 Å². The van der Waals surface area contributed by atoms with Crippen LogP contribution in [-0.4, -0.2) is 17.9 Å². The van der Waals surface area contributed by atoms with Gasteiger partial charge >= 0.3 is 0 Å². The van der Waals surface area contributed by atoms with E-state index in [1.165, 1.54) is 0 Å². The highest BCUT2D eigenvalue weighted by atomic mass is 16.2. The number of carbonyl (C=O) groups is 1. The van der Waals surface area contributed by atoms with Gasteiger partial charge < -0.3 is 4.90 Å². The van der Waals surface area contributed by atoms with Crippen molar-refractivity contribution >= 4 is 5.91 Å². The predicted molar refractivity (Wildman–Crippen MR) is 89.9 cm³/mol. The molecule has 1 aromatic carbocycles. The largest absolute Gasteiger partial charge is 0.316 e. The Balaban J connectivity index is 2.86. The fourth-order valence-corrected chi connectivity index (χ4v) is 2.19. The average Bonchev–Trinajstić information content (AvgIpc) is 2.52. The average molecular weight is 281 g/mol. The number of amides is 1. The zero-order valence-electron chi connectivity index (χ0n) is 12.7. The third kappa shape index (κ3) is 4.92. The number of likely N-dealkylation sites (N-methyl/N-ethyl adjacent to an activating group) is 1. The molecule has 0 aliphatic rings. The van der Waals surface area contributed by atoms with Crippen molar-refractivity contribution in [3.8, 4) is 0 Å². The Bertz CT molecular complexity index is 528. The molecule has 0 heterocycles. The second-order valence-electron chi connectivity index (χ2n) is 4.82. The van der Waals surface area contributed by atoms with Crippen molar-refractivity contribution in [1.82, 2.24) is 4.90 Å². The molecule has 0 saturated heterocycles. The lowest BCUT2D eigenvalue weighted by Crippen LogP contribution is -2.26. The monoisotopic (exact) mass is 281 g/mol. The van der Waals surface area contributed by atoms with Crippen molar-refractivity contribution in [3.63, 3.8) is 0 Å². The van der Waals surface area contributed by atoms with E-state index in [1.54, 1.807) is 30.2 Å². The molecule has 2 nitrogen and oxygen atoms in total. The van der Waals surface area contributed by atoms with Crippen LogP contribution in [-0.2, 0) is 4.79 Å². The van der Waals surface area contributed by atoms with Crippen LogP contribution in [0.4, 0.5) is 0 Å². The zero-order valence-corrected chi connectivity index (χ0v) is 12.7. The number of rotatable bonds is 8. The molecular weight excluding hydrogens is 258 g/mol. The van der Waals surface area contributed by atoms with Gasteiger partial charge in [0, 0.05) is 19.2 Å². The van der Waals surface area contributed by atoms with Crippen molar-refractivity contribution in [2.45, 2.75) is 18.8 Å². The van der Waals surface area contributed by atoms with Crippen LogP contribution in [0.25, 0.3) is 0 Å². The molecule has 0 aliphatic carbocycles. The minimum absolute atomic E-state index is 0.0544. The molecule has 0 aromatic heterocycles. The molecule has 0 spiro atoms. The van der Waals surface area contributed by atoms with Gasteiger partial charge in [-0.2, -0.15) is 0 Å².